The molecular weight excluding hydrogens is 354 g/mol. The molecule has 0 bridgehead atoms. The molecule has 28 heavy (non-hydrogen) atoms. The number of para-hydroxylation sites is 1. The van der Waals surface area contributed by atoms with Crippen molar-refractivity contribution in [1.29, 1.82) is 0 Å². The Labute approximate surface area is 166 Å². The number of carbonyl (C=O) groups excluding carboxylic acids is 1. The lowest BCUT2D eigenvalue weighted by Gasteiger charge is -2.29. The van der Waals surface area contributed by atoms with E-state index in [0.29, 0.717) is 23.6 Å². The Morgan fingerprint density at radius 3 is 2.68 bits per heavy atom. The Morgan fingerprint density at radius 2 is 1.96 bits per heavy atom. The van der Waals surface area contributed by atoms with Crippen molar-refractivity contribution in [2.24, 2.45) is 7.05 Å². The maximum absolute atomic E-state index is 13.6. The predicted molar refractivity (Wildman–Crippen MR) is 107 cm³/mol. The second-order valence-electron chi connectivity index (χ2n) is 7.76. The molecule has 0 atom stereocenters. The zero-order chi connectivity index (χ0) is 19.7. The Hall–Kier alpha value is -2.50. The van der Waals surface area contributed by atoms with Crippen molar-refractivity contribution < 1.29 is 14.3 Å². The van der Waals surface area contributed by atoms with E-state index in [9.17, 15) is 4.79 Å². The van der Waals surface area contributed by atoms with Crippen molar-refractivity contribution in [3.63, 3.8) is 0 Å². The van der Waals surface area contributed by atoms with Crippen molar-refractivity contribution >= 4 is 5.91 Å². The van der Waals surface area contributed by atoms with E-state index in [4.69, 9.17) is 14.6 Å². The molecular formula is C22H29N3O3. The summed E-state index contributed by atoms with van der Waals surface area (Å²) in [4.78, 5) is 15.7. The fourth-order valence-corrected chi connectivity index (χ4v) is 4.78. The van der Waals surface area contributed by atoms with E-state index in [0.717, 1.165) is 31.4 Å². The van der Waals surface area contributed by atoms with Crippen LogP contribution in [0.25, 0.3) is 0 Å². The van der Waals surface area contributed by atoms with Crippen LogP contribution in [0.5, 0.6) is 11.5 Å². The van der Waals surface area contributed by atoms with Gasteiger partial charge in [0.15, 0.2) is 11.5 Å². The maximum atomic E-state index is 13.6. The number of aromatic nitrogens is 2. The second-order valence-corrected chi connectivity index (χ2v) is 7.76. The third-order valence-corrected chi connectivity index (χ3v) is 6.18. The smallest absolute Gasteiger partial charge is 0.258 e. The highest BCUT2D eigenvalue weighted by atomic mass is 16.5. The van der Waals surface area contributed by atoms with Crippen LogP contribution in [-0.2, 0) is 26.4 Å². The quantitative estimate of drug-likeness (QED) is 0.766. The van der Waals surface area contributed by atoms with E-state index >= 15 is 0 Å². The summed E-state index contributed by atoms with van der Waals surface area (Å²) < 4.78 is 12.9. The highest BCUT2D eigenvalue weighted by molar-refractivity contribution is 5.98. The summed E-state index contributed by atoms with van der Waals surface area (Å²) >= 11 is 0. The normalized spacial score (nSPS) is 16.2. The van der Waals surface area contributed by atoms with Gasteiger partial charge < -0.3 is 14.4 Å². The van der Waals surface area contributed by atoms with Crippen molar-refractivity contribution in [3.8, 4) is 11.5 Å². The van der Waals surface area contributed by atoms with Gasteiger partial charge in [0.1, 0.15) is 0 Å². The van der Waals surface area contributed by atoms with Crippen LogP contribution in [0.1, 0.15) is 59.4 Å². The van der Waals surface area contributed by atoms with Gasteiger partial charge in [-0.05, 0) is 49.8 Å². The van der Waals surface area contributed by atoms with Crippen molar-refractivity contribution in [3.05, 3.63) is 40.7 Å². The summed E-state index contributed by atoms with van der Waals surface area (Å²) in [5.41, 5.74) is 4.28. The Balaban J connectivity index is 1.69. The summed E-state index contributed by atoms with van der Waals surface area (Å²) in [5.74, 6) is 1.09. The number of benzene rings is 1. The van der Waals surface area contributed by atoms with E-state index in [1.165, 1.54) is 30.5 Å². The minimum Gasteiger partial charge on any atom is -0.493 e. The fraction of sp³-hybridized carbons (Fsp3) is 0.545. The summed E-state index contributed by atoms with van der Waals surface area (Å²) in [6, 6.07) is 5.75. The third-order valence-electron chi connectivity index (χ3n) is 6.18. The zero-order valence-corrected chi connectivity index (χ0v) is 17.0. The average molecular weight is 383 g/mol. The van der Waals surface area contributed by atoms with Crippen LogP contribution in [-0.4, -0.2) is 40.8 Å². The number of methoxy groups -OCH3 is 2. The minimum absolute atomic E-state index is 0.0000463. The van der Waals surface area contributed by atoms with Crippen molar-refractivity contribution in [1.82, 2.24) is 14.7 Å². The van der Waals surface area contributed by atoms with E-state index in [-0.39, 0.29) is 11.9 Å². The predicted octanol–water partition coefficient (Wildman–Crippen LogP) is 3.51. The number of hydrogen-bond acceptors (Lipinski definition) is 4. The maximum Gasteiger partial charge on any atom is 0.258 e. The molecule has 1 heterocycles. The van der Waals surface area contributed by atoms with Gasteiger partial charge in [0, 0.05) is 18.8 Å². The van der Waals surface area contributed by atoms with E-state index in [2.05, 4.69) is 0 Å². The lowest BCUT2D eigenvalue weighted by atomic mass is 10.1. The van der Waals surface area contributed by atoms with Crippen molar-refractivity contribution in [2.75, 3.05) is 14.2 Å². The monoisotopic (exact) mass is 383 g/mol. The Kier molecular flexibility index (Phi) is 5.29. The van der Waals surface area contributed by atoms with Crippen LogP contribution < -0.4 is 9.47 Å². The Bertz CT molecular complexity index is 868. The van der Waals surface area contributed by atoms with Gasteiger partial charge in [-0.15, -0.1) is 0 Å². The molecule has 1 aromatic carbocycles. The molecule has 1 saturated carbocycles. The highest BCUT2D eigenvalue weighted by Crippen LogP contribution is 2.35. The molecule has 1 amide bonds. The molecule has 0 aliphatic heterocycles. The van der Waals surface area contributed by atoms with E-state index < -0.39 is 0 Å². The van der Waals surface area contributed by atoms with Gasteiger partial charge in [0.05, 0.1) is 32.0 Å². The molecule has 2 aromatic rings. The molecule has 0 unspecified atom stereocenters. The summed E-state index contributed by atoms with van der Waals surface area (Å²) in [6.07, 6.45) is 7.76. The number of rotatable bonds is 6. The first-order valence-electron chi connectivity index (χ1n) is 10.2. The van der Waals surface area contributed by atoms with Gasteiger partial charge in [-0.1, -0.05) is 18.9 Å². The van der Waals surface area contributed by atoms with E-state index in [1.54, 1.807) is 14.2 Å². The molecule has 4 rings (SSSR count). The van der Waals surface area contributed by atoms with Gasteiger partial charge in [-0.2, -0.15) is 5.10 Å². The number of hydrogen-bond donors (Lipinski definition) is 0. The van der Waals surface area contributed by atoms with Gasteiger partial charge in [-0.3, -0.25) is 9.48 Å². The van der Waals surface area contributed by atoms with Gasteiger partial charge >= 0.3 is 0 Å². The molecule has 150 valence electrons. The zero-order valence-electron chi connectivity index (χ0n) is 17.0. The lowest BCUT2D eigenvalue weighted by molar-refractivity contribution is 0.0656. The van der Waals surface area contributed by atoms with Crippen LogP contribution in [0.15, 0.2) is 18.2 Å². The first-order valence-corrected chi connectivity index (χ1v) is 10.2. The molecule has 2 aliphatic carbocycles. The average Bonchev–Trinajstić information content (AvgIpc) is 3.45. The lowest BCUT2D eigenvalue weighted by Crippen LogP contribution is -2.38. The van der Waals surface area contributed by atoms with Crippen LogP contribution in [0.4, 0.5) is 0 Å². The highest BCUT2D eigenvalue weighted by Gasteiger charge is 2.32. The van der Waals surface area contributed by atoms with Gasteiger partial charge in [0.2, 0.25) is 0 Å². The van der Waals surface area contributed by atoms with Crippen LogP contribution in [0.3, 0.4) is 0 Å². The molecule has 2 aliphatic rings. The number of fused-ring (bicyclic) bond motifs is 1. The van der Waals surface area contributed by atoms with Crippen molar-refractivity contribution in [2.45, 2.75) is 57.5 Å². The van der Waals surface area contributed by atoms with Crippen LogP contribution in [0.2, 0.25) is 0 Å². The van der Waals surface area contributed by atoms with Crippen LogP contribution >= 0.6 is 0 Å². The summed E-state index contributed by atoms with van der Waals surface area (Å²) in [7, 11) is 5.19. The number of aryl methyl sites for hydroxylation is 1. The van der Waals surface area contributed by atoms with E-state index in [1.807, 2.05) is 34.8 Å². The Morgan fingerprint density at radius 1 is 1.18 bits per heavy atom. The SMILES string of the molecule is COc1cccc(C(=O)N(Cc2nn(C)c3c2CCC3)C2CCCC2)c1OC. The first kappa shape index (κ1) is 18.8. The molecule has 1 aromatic heterocycles. The largest absolute Gasteiger partial charge is 0.493 e. The topological polar surface area (TPSA) is 56.6 Å². The molecule has 6 heteroatoms. The molecule has 0 radical (unpaired) electrons. The van der Waals surface area contributed by atoms with Crippen LogP contribution in [0, 0.1) is 0 Å². The standard InChI is InChI=1S/C22H29N3O3/c1-24-19-12-6-10-16(19)18(23-24)14-25(15-8-4-5-9-15)22(26)17-11-7-13-20(27-2)21(17)28-3/h7,11,13,15H,4-6,8-10,12,14H2,1-3H3. The molecule has 0 saturated heterocycles. The minimum atomic E-state index is 0.0000463. The summed E-state index contributed by atoms with van der Waals surface area (Å²) in [6.45, 7) is 0.563. The van der Waals surface area contributed by atoms with Gasteiger partial charge in [-0.25, -0.2) is 0 Å². The molecule has 6 nitrogen and oxygen atoms in total. The molecule has 1 fully saturated rings. The molecule has 0 spiro atoms. The van der Waals surface area contributed by atoms with Gasteiger partial charge in [0.25, 0.3) is 5.91 Å². The number of amides is 1. The number of carbonyl (C=O) groups is 1. The number of nitrogens with zero attached hydrogens (tertiary/aromatic N) is 3. The third kappa shape index (κ3) is 3.25. The second kappa shape index (κ2) is 7.86. The fourth-order valence-electron chi connectivity index (χ4n) is 4.78. The first-order chi connectivity index (χ1) is 13.6. The number of ether oxygens (including phenoxy) is 2. The molecule has 0 N–H and O–H groups in total. The summed E-state index contributed by atoms with van der Waals surface area (Å²) in [5, 5.41) is 4.76.